The van der Waals surface area contributed by atoms with Crippen molar-refractivity contribution in [3.8, 4) is 17.2 Å². The van der Waals surface area contributed by atoms with Crippen LogP contribution in [0.25, 0.3) is 0 Å². The third kappa shape index (κ3) is 2.17. The number of methoxy groups -OCH3 is 1. The van der Waals surface area contributed by atoms with E-state index in [1.54, 1.807) is 7.11 Å². The van der Waals surface area contributed by atoms with Crippen molar-refractivity contribution < 1.29 is 14.2 Å². The molecule has 0 N–H and O–H groups in total. The summed E-state index contributed by atoms with van der Waals surface area (Å²) in [6.45, 7) is 6.37. The summed E-state index contributed by atoms with van der Waals surface area (Å²) in [5, 5.41) is 0. The standard InChI is InChI=1S/C10H12O3.C2H6/c1-3-7-4-5-8-10(9(7)11-2)13-6-12-8;1-2/h4-5H,3,6H2,1-2H3;1-2H3. The average Bonchev–Trinajstić information content (AvgIpc) is 2.78. The average molecular weight is 210 g/mol. The number of hydrogen-bond donors (Lipinski definition) is 0. The third-order valence-corrected chi connectivity index (χ3v) is 2.16. The monoisotopic (exact) mass is 210 g/mol. The van der Waals surface area contributed by atoms with Gasteiger partial charge in [0.25, 0.3) is 0 Å². The Labute approximate surface area is 91.0 Å². The highest BCUT2D eigenvalue weighted by atomic mass is 16.7. The molecule has 15 heavy (non-hydrogen) atoms. The second-order valence-corrected chi connectivity index (χ2v) is 2.85. The number of benzene rings is 1. The van der Waals surface area contributed by atoms with E-state index in [2.05, 4.69) is 6.92 Å². The maximum Gasteiger partial charge on any atom is 0.231 e. The van der Waals surface area contributed by atoms with E-state index in [0.29, 0.717) is 6.79 Å². The molecule has 0 aliphatic carbocycles. The minimum atomic E-state index is 0.291. The predicted octanol–water partition coefficient (Wildman–Crippen LogP) is 3.01. The topological polar surface area (TPSA) is 27.7 Å². The van der Waals surface area contributed by atoms with Crippen LogP contribution >= 0.6 is 0 Å². The fourth-order valence-corrected chi connectivity index (χ4v) is 1.49. The van der Waals surface area contributed by atoms with Crippen molar-refractivity contribution in [1.82, 2.24) is 0 Å². The minimum Gasteiger partial charge on any atom is -0.492 e. The first kappa shape index (κ1) is 11.7. The maximum absolute atomic E-state index is 5.32. The molecule has 84 valence electrons. The molecule has 1 aromatic carbocycles. The van der Waals surface area contributed by atoms with Gasteiger partial charge in [0, 0.05) is 0 Å². The molecule has 0 saturated heterocycles. The van der Waals surface area contributed by atoms with Crippen LogP contribution in [-0.4, -0.2) is 13.9 Å². The Hall–Kier alpha value is -1.38. The molecule has 0 fully saturated rings. The maximum atomic E-state index is 5.32. The summed E-state index contributed by atoms with van der Waals surface area (Å²) < 4.78 is 15.8. The van der Waals surface area contributed by atoms with Crippen molar-refractivity contribution >= 4 is 0 Å². The second-order valence-electron chi connectivity index (χ2n) is 2.85. The minimum absolute atomic E-state index is 0.291. The molecule has 1 aliphatic heterocycles. The van der Waals surface area contributed by atoms with Crippen LogP contribution in [0.15, 0.2) is 12.1 Å². The second kappa shape index (κ2) is 5.49. The normalized spacial score (nSPS) is 11.7. The van der Waals surface area contributed by atoms with Gasteiger partial charge in [-0.3, -0.25) is 0 Å². The van der Waals surface area contributed by atoms with Crippen LogP contribution in [0.1, 0.15) is 26.3 Å². The molecule has 1 aliphatic rings. The van der Waals surface area contributed by atoms with E-state index in [1.807, 2.05) is 26.0 Å². The van der Waals surface area contributed by atoms with Crippen LogP contribution in [0.2, 0.25) is 0 Å². The van der Waals surface area contributed by atoms with Crippen molar-refractivity contribution in [2.75, 3.05) is 13.9 Å². The first-order valence-corrected chi connectivity index (χ1v) is 5.32. The molecule has 0 aromatic heterocycles. The quantitative estimate of drug-likeness (QED) is 0.751. The Morgan fingerprint density at radius 2 is 2.00 bits per heavy atom. The van der Waals surface area contributed by atoms with Crippen molar-refractivity contribution in [3.63, 3.8) is 0 Å². The van der Waals surface area contributed by atoms with Gasteiger partial charge in [-0.25, -0.2) is 0 Å². The summed E-state index contributed by atoms with van der Waals surface area (Å²) in [7, 11) is 1.65. The smallest absolute Gasteiger partial charge is 0.231 e. The molecule has 1 heterocycles. The SMILES string of the molecule is CC.CCc1ccc2c(c1OC)OCO2. The Morgan fingerprint density at radius 1 is 1.27 bits per heavy atom. The fourth-order valence-electron chi connectivity index (χ4n) is 1.49. The van der Waals surface area contributed by atoms with E-state index in [4.69, 9.17) is 14.2 Å². The lowest BCUT2D eigenvalue weighted by Crippen LogP contribution is -1.95. The molecular weight excluding hydrogens is 192 g/mol. The molecule has 3 heteroatoms. The zero-order valence-corrected chi connectivity index (χ0v) is 9.79. The van der Waals surface area contributed by atoms with E-state index in [9.17, 15) is 0 Å². The highest BCUT2D eigenvalue weighted by molar-refractivity contribution is 5.56. The summed E-state index contributed by atoms with van der Waals surface area (Å²) in [6, 6.07) is 3.93. The van der Waals surface area contributed by atoms with Crippen molar-refractivity contribution in [3.05, 3.63) is 17.7 Å². The molecule has 0 radical (unpaired) electrons. The molecule has 2 rings (SSSR count). The highest BCUT2D eigenvalue weighted by Gasteiger charge is 2.20. The highest BCUT2D eigenvalue weighted by Crippen LogP contribution is 2.42. The van der Waals surface area contributed by atoms with Gasteiger partial charge < -0.3 is 14.2 Å². The van der Waals surface area contributed by atoms with Crippen LogP contribution in [0.4, 0.5) is 0 Å². The molecule has 0 bridgehead atoms. The van der Waals surface area contributed by atoms with E-state index in [0.717, 1.165) is 29.2 Å². The van der Waals surface area contributed by atoms with Crippen LogP contribution < -0.4 is 14.2 Å². The Balaban J connectivity index is 0.000000531. The van der Waals surface area contributed by atoms with E-state index >= 15 is 0 Å². The molecule has 0 amide bonds. The number of hydrogen-bond acceptors (Lipinski definition) is 3. The van der Waals surface area contributed by atoms with Crippen LogP contribution in [0.3, 0.4) is 0 Å². The number of fused-ring (bicyclic) bond motifs is 1. The number of aryl methyl sites for hydroxylation is 1. The van der Waals surface area contributed by atoms with Gasteiger partial charge in [0.05, 0.1) is 7.11 Å². The summed E-state index contributed by atoms with van der Waals surface area (Å²) in [5.74, 6) is 2.31. The summed E-state index contributed by atoms with van der Waals surface area (Å²) in [4.78, 5) is 0. The summed E-state index contributed by atoms with van der Waals surface area (Å²) in [5.41, 5.74) is 1.15. The lowest BCUT2D eigenvalue weighted by atomic mass is 10.1. The molecule has 1 aromatic rings. The summed E-state index contributed by atoms with van der Waals surface area (Å²) in [6.07, 6.45) is 0.930. The predicted molar refractivity (Wildman–Crippen MR) is 59.8 cm³/mol. The van der Waals surface area contributed by atoms with Crippen molar-refractivity contribution in [1.29, 1.82) is 0 Å². The van der Waals surface area contributed by atoms with Gasteiger partial charge in [-0.2, -0.15) is 0 Å². The van der Waals surface area contributed by atoms with Gasteiger partial charge in [0.15, 0.2) is 11.5 Å². The Bertz CT molecular complexity index is 321. The molecule has 0 spiro atoms. The van der Waals surface area contributed by atoms with Crippen LogP contribution in [-0.2, 0) is 6.42 Å². The van der Waals surface area contributed by atoms with Gasteiger partial charge in [0.1, 0.15) is 0 Å². The third-order valence-electron chi connectivity index (χ3n) is 2.16. The molecule has 0 atom stereocenters. The Morgan fingerprint density at radius 3 is 2.60 bits per heavy atom. The summed E-state index contributed by atoms with van der Waals surface area (Å²) >= 11 is 0. The molecular formula is C12H18O3. The fraction of sp³-hybridized carbons (Fsp3) is 0.500. The van der Waals surface area contributed by atoms with Gasteiger partial charge in [-0.1, -0.05) is 26.8 Å². The molecule has 0 unspecified atom stereocenters. The first-order valence-electron chi connectivity index (χ1n) is 5.32. The van der Waals surface area contributed by atoms with Gasteiger partial charge >= 0.3 is 0 Å². The van der Waals surface area contributed by atoms with Gasteiger partial charge in [-0.05, 0) is 18.1 Å². The van der Waals surface area contributed by atoms with Crippen molar-refractivity contribution in [2.24, 2.45) is 0 Å². The van der Waals surface area contributed by atoms with Crippen molar-refractivity contribution in [2.45, 2.75) is 27.2 Å². The molecule has 0 saturated carbocycles. The van der Waals surface area contributed by atoms with Crippen LogP contribution in [0.5, 0.6) is 17.2 Å². The lowest BCUT2D eigenvalue weighted by molar-refractivity contribution is 0.171. The van der Waals surface area contributed by atoms with E-state index in [-0.39, 0.29) is 0 Å². The van der Waals surface area contributed by atoms with Gasteiger partial charge in [0.2, 0.25) is 12.5 Å². The largest absolute Gasteiger partial charge is 0.492 e. The number of rotatable bonds is 2. The van der Waals surface area contributed by atoms with Crippen LogP contribution in [0, 0.1) is 0 Å². The lowest BCUT2D eigenvalue weighted by Gasteiger charge is -2.08. The van der Waals surface area contributed by atoms with E-state index < -0.39 is 0 Å². The van der Waals surface area contributed by atoms with E-state index in [1.165, 1.54) is 0 Å². The first-order chi connectivity index (χ1) is 7.36. The zero-order chi connectivity index (χ0) is 11.3. The molecule has 3 nitrogen and oxygen atoms in total. The number of ether oxygens (including phenoxy) is 3. The van der Waals surface area contributed by atoms with Gasteiger partial charge in [-0.15, -0.1) is 0 Å². The zero-order valence-electron chi connectivity index (χ0n) is 9.79. The Kier molecular flexibility index (Phi) is 4.28.